The van der Waals surface area contributed by atoms with Crippen molar-refractivity contribution in [1.82, 2.24) is 19.8 Å². The van der Waals surface area contributed by atoms with Crippen LogP contribution in [-0.2, 0) is 17.9 Å². The molecule has 196 valence electrons. The van der Waals surface area contributed by atoms with E-state index in [1.54, 1.807) is 41.6 Å². The SMILES string of the molecule is CC1CC(=O)N(CCN2C(=O)c3ccccc3C2=O)N=C1c1ccc(NC(=O)N2Cc3ccncc3C2)cc1. The van der Waals surface area contributed by atoms with Gasteiger partial charge in [0.15, 0.2) is 0 Å². The summed E-state index contributed by atoms with van der Waals surface area (Å²) in [4.78, 5) is 57.9. The number of urea groups is 1. The molecule has 0 spiro atoms. The summed E-state index contributed by atoms with van der Waals surface area (Å²) >= 11 is 0. The fraction of sp³-hybridized carbons (Fsp3) is 0.241. The molecule has 10 nitrogen and oxygen atoms in total. The van der Waals surface area contributed by atoms with Crippen molar-refractivity contribution < 1.29 is 19.2 Å². The Morgan fingerprint density at radius 2 is 1.62 bits per heavy atom. The van der Waals surface area contributed by atoms with Crippen LogP contribution in [0.15, 0.2) is 72.1 Å². The van der Waals surface area contributed by atoms with Crippen LogP contribution in [0.5, 0.6) is 0 Å². The van der Waals surface area contributed by atoms with E-state index in [9.17, 15) is 19.2 Å². The minimum Gasteiger partial charge on any atom is -0.316 e. The number of hydrogen-bond donors (Lipinski definition) is 1. The van der Waals surface area contributed by atoms with E-state index < -0.39 is 0 Å². The number of benzene rings is 2. The van der Waals surface area contributed by atoms with Crippen LogP contribution >= 0.6 is 0 Å². The zero-order valence-electron chi connectivity index (χ0n) is 21.3. The molecule has 3 aliphatic rings. The number of carbonyl (C=O) groups is 4. The van der Waals surface area contributed by atoms with Gasteiger partial charge in [-0.25, -0.2) is 9.80 Å². The molecule has 10 heteroatoms. The van der Waals surface area contributed by atoms with Gasteiger partial charge in [-0.1, -0.05) is 31.2 Å². The molecule has 0 aliphatic carbocycles. The highest BCUT2D eigenvalue weighted by molar-refractivity contribution is 6.21. The van der Waals surface area contributed by atoms with E-state index in [2.05, 4.69) is 15.4 Å². The summed E-state index contributed by atoms with van der Waals surface area (Å²) in [5.41, 5.74) is 5.12. The summed E-state index contributed by atoms with van der Waals surface area (Å²) in [5.74, 6) is -0.978. The van der Waals surface area contributed by atoms with Crippen molar-refractivity contribution in [2.75, 3.05) is 18.4 Å². The molecule has 2 aromatic carbocycles. The average molecular weight is 523 g/mol. The molecule has 3 aliphatic heterocycles. The molecule has 1 aromatic heterocycles. The lowest BCUT2D eigenvalue weighted by Crippen LogP contribution is -2.42. The Kier molecular flexibility index (Phi) is 6.14. The van der Waals surface area contributed by atoms with E-state index in [1.807, 2.05) is 37.3 Å². The first-order chi connectivity index (χ1) is 18.9. The number of rotatable bonds is 5. The molecule has 0 saturated heterocycles. The number of nitrogens with zero attached hydrogens (tertiary/aromatic N) is 5. The molecule has 1 unspecified atom stereocenters. The van der Waals surface area contributed by atoms with Crippen molar-refractivity contribution in [3.8, 4) is 0 Å². The lowest BCUT2D eigenvalue weighted by molar-refractivity contribution is -0.132. The second-order valence-corrected chi connectivity index (χ2v) is 9.92. The van der Waals surface area contributed by atoms with Gasteiger partial charge in [0.2, 0.25) is 5.91 Å². The van der Waals surface area contributed by atoms with Crippen LogP contribution < -0.4 is 5.32 Å². The maximum atomic E-state index is 12.8. The van der Waals surface area contributed by atoms with Gasteiger partial charge in [-0.15, -0.1) is 0 Å². The Morgan fingerprint density at radius 1 is 0.923 bits per heavy atom. The monoisotopic (exact) mass is 522 g/mol. The number of hydrogen-bond acceptors (Lipinski definition) is 6. The highest BCUT2D eigenvalue weighted by atomic mass is 16.2. The first kappa shape index (κ1) is 24.5. The van der Waals surface area contributed by atoms with Crippen LogP contribution in [0.1, 0.15) is 50.8 Å². The molecule has 0 saturated carbocycles. The molecule has 1 N–H and O–H groups in total. The van der Waals surface area contributed by atoms with Crippen LogP contribution in [-0.4, -0.2) is 62.3 Å². The maximum Gasteiger partial charge on any atom is 0.322 e. The van der Waals surface area contributed by atoms with Crippen molar-refractivity contribution in [2.24, 2.45) is 11.0 Å². The minimum atomic E-state index is -0.357. The average Bonchev–Trinajstić information content (AvgIpc) is 3.48. The number of amides is 5. The van der Waals surface area contributed by atoms with Gasteiger partial charge >= 0.3 is 6.03 Å². The zero-order valence-corrected chi connectivity index (χ0v) is 21.3. The lowest BCUT2D eigenvalue weighted by atomic mass is 9.93. The summed E-state index contributed by atoms with van der Waals surface area (Å²) in [5, 5.41) is 8.88. The molecule has 4 heterocycles. The third-order valence-electron chi connectivity index (χ3n) is 7.32. The van der Waals surface area contributed by atoms with Gasteiger partial charge in [-0.2, -0.15) is 5.10 Å². The first-order valence-corrected chi connectivity index (χ1v) is 12.8. The molecule has 0 bridgehead atoms. The van der Waals surface area contributed by atoms with Crippen molar-refractivity contribution in [3.05, 3.63) is 94.8 Å². The van der Waals surface area contributed by atoms with E-state index in [1.165, 1.54) is 5.01 Å². The summed E-state index contributed by atoms with van der Waals surface area (Å²) < 4.78 is 0. The van der Waals surface area contributed by atoms with Crippen LogP contribution in [0, 0.1) is 5.92 Å². The van der Waals surface area contributed by atoms with Gasteiger partial charge in [-0.3, -0.25) is 24.3 Å². The summed E-state index contributed by atoms with van der Waals surface area (Å²) in [6, 6.07) is 15.8. The van der Waals surface area contributed by atoms with Gasteiger partial charge in [0.1, 0.15) is 0 Å². The molecular weight excluding hydrogens is 496 g/mol. The molecular formula is C29H26N6O4. The Labute approximate surface area is 224 Å². The van der Waals surface area contributed by atoms with Gasteiger partial charge in [0.25, 0.3) is 11.8 Å². The molecule has 6 rings (SSSR count). The molecule has 0 fully saturated rings. The Hall–Kier alpha value is -4.86. The molecule has 0 radical (unpaired) electrons. The second-order valence-electron chi connectivity index (χ2n) is 9.92. The van der Waals surface area contributed by atoms with E-state index in [0.29, 0.717) is 29.9 Å². The van der Waals surface area contributed by atoms with E-state index >= 15 is 0 Å². The van der Waals surface area contributed by atoms with E-state index in [0.717, 1.165) is 27.3 Å². The third-order valence-corrected chi connectivity index (χ3v) is 7.32. The number of anilines is 1. The van der Waals surface area contributed by atoms with E-state index in [4.69, 9.17) is 0 Å². The second kappa shape index (κ2) is 9.79. The van der Waals surface area contributed by atoms with Crippen molar-refractivity contribution in [1.29, 1.82) is 0 Å². The molecule has 5 amide bonds. The fourth-order valence-electron chi connectivity index (χ4n) is 5.19. The molecule has 39 heavy (non-hydrogen) atoms. The molecule has 3 aromatic rings. The van der Waals surface area contributed by atoms with Crippen molar-refractivity contribution in [3.63, 3.8) is 0 Å². The number of carbonyl (C=O) groups excluding carboxylic acids is 4. The van der Waals surface area contributed by atoms with E-state index in [-0.39, 0.29) is 49.2 Å². The summed E-state index contributed by atoms with van der Waals surface area (Å²) in [6.45, 7) is 3.17. The topological polar surface area (TPSA) is 115 Å². The quantitative estimate of drug-likeness (QED) is 0.515. The summed E-state index contributed by atoms with van der Waals surface area (Å²) in [6.07, 6.45) is 3.79. The Balaban J connectivity index is 1.11. The predicted molar refractivity (Wildman–Crippen MR) is 143 cm³/mol. The number of imide groups is 1. The standard InChI is InChI=1S/C29H26N6O4/c1-18-14-25(36)35(13-12-34-27(37)23-4-2-3-5-24(23)28(34)38)32-26(18)19-6-8-22(9-7-19)31-29(39)33-16-20-10-11-30-15-21(20)17-33/h2-11,15,18H,12-14,16-17H2,1H3,(H,31,39). The van der Waals surface area contributed by atoms with Gasteiger partial charge < -0.3 is 10.2 Å². The largest absolute Gasteiger partial charge is 0.322 e. The number of pyridine rings is 1. The van der Waals surface area contributed by atoms with Gasteiger partial charge in [0.05, 0.1) is 23.4 Å². The zero-order chi connectivity index (χ0) is 27.1. The Morgan fingerprint density at radius 3 is 2.31 bits per heavy atom. The summed E-state index contributed by atoms with van der Waals surface area (Å²) in [7, 11) is 0. The van der Waals surface area contributed by atoms with Crippen LogP contribution in [0.25, 0.3) is 0 Å². The predicted octanol–water partition coefficient (Wildman–Crippen LogP) is 3.50. The minimum absolute atomic E-state index is 0.0602. The number of aromatic nitrogens is 1. The van der Waals surface area contributed by atoms with Crippen molar-refractivity contribution in [2.45, 2.75) is 26.4 Å². The number of hydrazone groups is 1. The van der Waals surface area contributed by atoms with Gasteiger partial charge in [0, 0.05) is 50.1 Å². The fourth-order valence-corrected chi connectivity index (χ4v) is 5.19. The number of nitrogens with one attached hydrogen (secondary N) is 1. The van der Waals surface area contributed by atoms with Crippen LogP contribution in [0.3, 0.4) is 0 Å². The normalized spacial score (nSPS) is 18.3. The van der Waals surface area contributed by atoms with Crippen molar-refractivity contribution >= 4 is 35.2 Å². The smallest absolute Gasteiger partial charge is 0.316 e. The Bertz CT molecular complexity index is 1470. The third kappa shape index (κ3) is 4.54. The van der Waals surface area contributed by atoms with Crippen LogP contribution in [0.2, 0.25) is 0 Å². The van der Waals surface area contributed by atoms with Crippen LogP contribution in [0.4, 0.5) is 10.5 Å². The van der Waals surface area contributed by atoms with Gasteiger partial charge in [-0.05, 0) is 47.0 Å². The highest BCUT2D eigenvalue weighted by Gasteiger charge is 2.36. The molecule has 1 atom stereocenters. The number of fused-ring (bicyclic) bond motifs is 2. The lowest BCUT2D eigenvalue weighted by Gasteiger charge is -2.28. The maximum absolute atomic E-state index is 12.8. The first-order valence-electron chi connectivity index (χ1n) is 12.8. The highest BCUT2D eigenvalue weighted by Crippen LogP contribution is 2.26.